The number of methoxy groups -OCH3 is 1. The number of benzene rings is 3. The summed E-state index contributed by atoms with van der Waals surface area (Å²) in [6.07, 6.45) is 1.60. The van der Waals surface area contributed by atoms with Crippen LogP contribution in [-0.2, 0) is 4.79 Å². The molecule has 0 aliphatic carbocycles. The van der Waals surface area contributed by atoms with Crippen LogP contribution in [0.4, 0.5) is 0 Å². The third kappa shape index (κ3) is 5.68. The van der Waals surface area contributed by atoms with E-state index >= 15 is 0 Å². The van der Waals surface area contributed by atoms with Crippen LogP contribution in [-0.4, -0.2) is 39.7 Å². The molecule has 0 unspecified atom stereocenters. The molecule has 1 N–H and O–H groups in total. The molecule has 0 atom stereocenters. The zero-order valence-electron chi connectivity index (χ0n) is 17.7. The van der Waals surface area contributed by atoms with Crippen molar-refractivity contribution >= 4 is 39.8 Å². The number of amides is 1. The van der Waals surface area contributed by atoms with E-state index in [0.29, 0.717) is 11.0 Å². The van der Waals surface area contributed by atoms with Gasteiger partial charge in [0.05, 0.1) is 19.1 Å². The van der Waals surface area contributed by atoms with E-state index in [4.69, 9.17) is 4.74 Å². The summed E-state index contributed by atoms with van der Waals surface area (Å²) >= 11 is 4.74. The number of rotatable bonds is 8. The van der Waals surface area contributed by atoms with E-state index in [1.165, 1.54) is 11.8 Å². The molecule has 1 aromatic heterocycles. The van der Waals surface area contributed by atoms with Crippen molar-refractivity contribution in [3.8, 4) is 22.8 Å². The quantitative estimate of drug-likeness (QED) is 0.201. The van der Waals surface area contributed by atoms with Crippen molar-refractivity contribution in [3.05, 3.63) is 88.9 Å². The summed E-state index contributed by atoms with van der Waals surface area (Å²) in [6.45, 7) is 0. The Kier molecular flexibility index (Phi) is 7.54. The molecule has 0 aliphatic rings. The first kappa shape index (κ1) is 22.8. The van der Waals surface area contributed by atoms with Crippen LogP contribution in [0.25, 0.3) is 17.1 Å². The van der Waals surface area contributed by atoms with Gasteiger partial charge in [-0.2, -0.15) is 5.10 Å². The summed E-state index contributed by atoms with van der Waals surface area (Å²) in [5.74, 6) is 1.34. The first-order valence-corrected chi connectivity index (χ1v) is 11.8. The number of hydrazone groups is 1. The van der Waals surface area contributed by atoms with Crippen molar-refractivity contribution in [2.45, 2.75) is 5.16 Å². The Morgan fingerprint density at radius 3 is 2.52 bits per heavy atom. The predicted octanol–water partition coefficient (Wildman–Crippen LogP) is 4.95. The molecule has 0 saturated heterocycles. The van der Waals surface area contributed by atoms with E-state index in [-0.39, 0.29) is 11.7 Å². The van der Waals surface area contributed by atoms with Crippen LogP contribution in [0.1, 0.15) is 5.56 Å². The second-order valence-corrected chi connectivity index (χ2v) is 8.61. The fourth-order valence-electron chi connectivity index (χ4n) is 3.02. The third-order valence-electron chi connectivity index (χ3n) is 4.63. The van der Waals surface area contributed by atoms with Gasteiger partial charge in [-0.3, -0.25) is 9.36 Å². The standard InChI is InChI=1S/C24H20BrN5O2S/c1-32-20-13-11-17(12-14-20)23-28-29-24(30(23)19-8-3-2-4-9-19)33-16-22(31)27-26-15-18-7-5-6-10-21(18)25/h2-15H,16H2,1H3,(H,27,31)/b26-15-. The number of nitrogens with zero attached hydrogens (tertiary/aromatic N) is 4. The Morgan fingerprint density at radius 1 is 1.06 bits per heavy atom. The van der Waals surface area contributed by atoms with Gasteiger partial charge in [0.15, 0.2) is 11.0 Å². The van der Waals surface area contributed by atoms with Crippen molar-refractivity contribution in [1.82, 2.24) is 20.2 Å². The van der Waals surface area contributed by atoms with Gasteiger partial charge < -0.3 is 4.74 Å². The number of ether oxygens (including phenoxy) is 1. The number of aromatic nitrogens is 3. The minimum Gasteiger partial charge on any atom is -0.497 e. The van der Waals surface area contributed by atoms with Crippen LogP contribution in [0.2, 0.25) is 0 Å². The smallest absolute Gasteiger partial charge is 0.250 e. The zero-order valence-corrected chi connectivity index (χ0v) is 20.1. The molecule has 0 fully saturated rings. The fourth-order valence-corrected chi connectivity index (χ4v) is 4.15. The van der Waals surface area contributed by atoms with Crippen molar-refractivity contribution in [2.75, 3.05) is 12.9 Å². The monoisotopic (exact) mass is 521 g/mol. The van der Waals surface area contributed by atoms with Gasteiger partial charge >= 0.3 is 0 Å². The van der Waals surface area contributed by atoms with Crippen molar-refractivity contribution < 1.29 is 9.53 Å². The Morgan fingerprint density at radius 2 is 1.79 bits per heavy atom. The van der Waals surface area contributed by atoms with E-state index in [1.54, 1.807) is 13.3 Å². The van der Waals surface area contributed by atoms with Crippen LogP contribution < -0.4 is 10.2 Å². The molecule has 3 aromatic carbocycles. The van der Waals surface area contributed by atoms with Gasteiger partial charge in [-0.15, -0.1) is 10.2 Å². The SMILES string of the molecule is COc1ccc(-c2nnc(SCC(=O)N/N=C\c3ccccc3Br)n2-c2ccccc2)cc1. The molecule has 166 valence electrons. The number of carbonyl (C=O) groups is 1. The lowest BCUT2D eigenvalue weighted by atomic mass is 10.2. The minimum atomic E-state index is -0.239. The number of hydrogen-bond acceptors (Lipinski definition) is 6. The Bertz CT molecular complexity index is 1260. The summed E-state index contributed by atoms with van der Waals surface area (Å²) < 4.78 is 8.09. The third-order valence-corrected chi connectivity index (χ3v) is 6.28. The topological polar surface area (TPSA) is 81.4 Å². The molecular weight excluding hydrogens is 502 g/mol. The summed E-state index contributed by atoms with van der Waals surface area (Å²) in [5, 5.41) is 13.4. The molecule has 4 rings (SSSR count). The van der Waals surface area contributed by atoms with Crippen molar-refractivity contribution in [3.63, 3.8) is 0 Å². The van der Waals surface area contributed by atoms with Crippen LogP contribution in [0.3, 0.4) is 0 Å². The van der Waals surface area contributed by atoms with E-state index < -0.39 is 0 Å². The zero-order chi connectivity index (χ0) is 23.0. The van der Waals surface area contributed by atoms with Gasteiger partial charge in [-0.05, 0) is 42.5 Å². The molecule has 1 heterocycles. The van der Waals surface area contributed by atoms with E-state index in [9.17, 15) is 4.79 Å². The summed E-state index contributed by atoms with van der Waals surface area (Å²) in [7, 11) is 1.63. The lowest BCUT2D eigenvalue weighted by Crippen LogP contribution is -2.20. The molecule has 7 nitrogen and oxygen atoms in total. The van der Waals surface area contributed by atoms with Crippen LogP contribution in [0, 0.1) is 0 Å². The first-order valence-electron chi connectivity index (χ1n) is 10.00. The highest BCUT2D eigenvalue weighted by Crippen LogP contribution is 2.28. The molecular formula is C24H20BrN5O2S. The minimum absolute atomic E-state index is 0.140. The van der Waals surface area contributed by atoms with Gasteiger partial charge in [0.1, 0.15) is 5.75 Å². The summed E-state index contributed by atoms with van der Waals surface area (Å²) in [4.78, 5) is 12.4. The predicted molar refractivity (Wildman–Crippen MR) is 134 cm³/mol. The van der Waals surface area contributed by atoms with Crippen LogP contribution in [0.5, 0.6) is 5.75 Å². The maximum Gasteiger partial charge on any atom is 0.250 e. The van der Waals surface area contributed by atoms with Gasteiger partial charge in [0.2, 0.25) is 0 Å². The average Bonchev–Trinajstić information content (AvgIpc) is 3.28. The van der Waals surface area contributed by atoms with E-state index in [0.717, 1.165) is 27.0 Å². The number of halogens is 1. The summed E-state index contributed by atoms with van der Waals surface area (Å²) in [6, 6.07) is 25.0. The van der Waals surface area contributed by atoms with Crippen LogP contribution >= 0.6 is 27.7 Å². The maximum absolute atomic E-state index is 12.4. The Hall–Kier alpha value is -3.43. The van der Waals surface area contributed by atoms with E-state index in [2.05, 4.69) is 36.7 Å². The number of carbonyl (C=O) groups excluding carboxylic acids is 1. The van der Waals surface area contributed by atoms with Gasteiger partial charge in [-0.25, -0.2) is 5.43 Å². The van der Waals surface area contributed by atoms with Gasteiger partial charge in [0.25, 0.3) is 5.91 Å². The highest BCUT2D eigenvalue weighted by Gasteiger charge is 2.17. The number of para-hydroxylation sites is 1. The number of nitrogens with one attached hydrogen (secondary N) is 1. The molecule has 33 heavy (non-hydrogen) atoms. The number of hydrogen-bond donors (Lipinski definition) is 1. The van der Waals surface area contributed by atoms with Crippen molar-refractivity contribution in [1.29, 1.82) is 0 Å². The molecule has 0 aliphatic heterocycles. The fraction of sp³-hybridized carbons (Fsp3) is 0.0833. The molecule has 4 aromatic rings. The molecule has 1 amide bonds. The maximum atomic E-state index is 12.4. The van der Waals surface area contributed by atoms with Gasteiger partial charge in [0, 0.05) is 21.3 Å². The Labute approximate surface area is 204 Å². The normalized spacial score (nSPS) is 11.0. The second kappa shape index (κ2) is 10.9. The lowest BCUT2D eigenvalue weighted by Gasteiger charge is -2.10. The van der Waals surface area contributed by atoms with Gasteiger partial charge in [-0.1, -0.05) is 64.1 Å². The molecule has 0 spiro atoms. The molecule has 0 radical (unpaired) electrons. The highest BCUT2D eigenvalue weighted by molar-refractivity contribution is 9.10. The van der Waals surface area contributed by atoms with Crippen LogP contribution in [0.15, 0.2) is 93.6 Å². The first-order chi connectivity index (χ1) is 16.2. The summed E-state index contributed by atoms with van der Waals surface area (Å²) in [5.41, 5.74) is 5.23. The van der Waals surface area contributed by atoms with E-state index in [1.807, 2.05) is 83.4 Å². The highest BCUT2D eigenvalue weighted by atomic mass is 79.9. The second-order valence-electron chi connectivity index (χ2n) is 6.81. The molecule has 9 heteroatoms. The molecule has 0 saturated carbocycles. The van der Waals surface area contributed by atoms with Crippen molar-refractivity contribution in [2.24, 2.45) is 5.10 Å². The Balaban J connectivity index is 1.51. The molecule has 0 bridgehead atoms. The average molecular weight is 522 g/mol. The number of thioether (sulfide) groups is 1. The lowest BCUT2D eigenvalue weighted by molar-refractivity contribution is -0.118. The largest absolute Gasteiger partial charge is 0.497 e.